The molecular weight excluding hydrogens is 326 g/mol. The van der Waals surface area contributed by atoms with Crippen molar-refractivity contribution in [3.63, 3.8) is 0 Å². The average molecular weight is 355 g/mol. The van der Waals surface area contributed by atoms with Crippen LogP contribution in [0.15, 0.2) is 24.4 Å². The molecule has 3 atom stereocenters. The number of carbonyl (C=O) groups excluding carboxylic acids is 2. The van der Waals surface area contributed by atoms with Crippen molar-refractivity contribution in [2.24, 2.45) is 11.8 Å². The molecule has 1 aromatic heterocycles. The molecule has 1 aliphatic rings. The van der Waals surface area contributed by atoms with E-state index in [-0.39, 0.29) is 17.9 Å². The molecule has 1 amide bonds. The van der Waals surface area contributed by atoms with Gasteiger partial charge in [-0.2, -0.15) is 5.10 Å². The summed E-state index contributed by atoms with van der Waals surface area (Å²) in [7, 11) is 0. The van der Waals surface area contributed by atoms with E-state index in [1.165, 1.54) is 17.5 Å². The van der Waals surface area contributed by atoms with Crippen LogP contribution in [0.2, 0.25) is 0 Å². The van der Waals surface area contributed by atoms with Crippen LogP contribution in [0.4, 0.5) is 0 Å². The second kappa shape index (κ2) is 8.02. The van der Waals surface area contributed by atoms with Crippen LogP contribution in [0.1, 0.15) is 62.7 Å². The zero-order chi connectivity index (χ0) is 18.7. The molecule has 140 valence electrons. The zero-order valence-corrected chi connectivity index (χ0v) is 16.0. The number of carbonyl (C=O) groups is 2. The Hall–Kier alpha value is -2.17. The van der Waals surface area contributed by atoms with Gasteiger partial charge in [0.05, 0.1) is 11.7 Å². The van der Waals surface area contributed by atoms with Gasteiger partial charge in [-0.3, -0.25) is 9.59 Å². The summed E-state index contributed by atoms with van der Waals surface area (Å²) in [5.74, 6) is 1.18. The van der Waals surface area contributed by atoms with E-state index in [2.05, 4.69) is 24.3 Å². The van der Waals surface area contributed by atoms with Gasteiger partial charge in [0.25, 0.3) is 0 Å². The Labute approximate surface area is 155 Å². The first kappa shape index (κ1) is 18.6. The van der Waals surface area contributed by atoms with Gasteiger partial charge in [-0.25, -0.2) is 4.68 Å². The highest BCUT2D eigenvalue weighted by atomic mass is 16.2. The SMILES string of the molecule is Cc1ccc2c(cnn2C(=O)CCCC(=O)N[C@@H]2CCC[C@H](C)[C@H]2C)c1. The Morgan fingerprint density at radius 2 is 2.04 bits per heavy atom. The van der Waals surface area contributed by atoms with Crippen LogP contribution in [0.3, 0.4) is 0 Å². The van der Waals surface area contributed by atoms with Gasteiger partial charge in [0.2, 0.25) is 11.8 Å². The predicted octanol–water partition coefficient (Wildman–Crippen LogP) is 4.10. The maximum absolute atomic E-state index is 12.4. The molecule has 1 saturated carbocycles. The molecule has 2 aromatic rings. The Balaban J connectivity index is 1.49. The summed E-state index contributed by atoms with van der Waals surface area (Å²) < 4.78 is 1.46. The van der Waals surface area contributed by atoms with Gasteiger partial charge in [-0.15, -0.1) is 0 Å². The molecule has 0 aliphatic heterocycles. The van der Waals surface area contributed by atoms with Crippen LogP contribution >= 0.6 is 0 Å². The van der Waals surface area contributed by atoms with Gasteiger partial charge < -0.3 is 5.32 Å². The topological polar surface area (TPSA) is 64.0 Å². The molecule has 1 N–H and O–H groups in total. The van der Waals surface area contributed by atoms with Gasteiger partial charge in [-0.05, 0) is 43.7 Å². The number of benzene rings is 1. The van der Waals surface area contributed by atoms with Gasteiger partial charge in [0.1, 0.15) is 0 Å². The van der Waals surface area contributed by atoms with Gasteiger partial charge in [0.15, 0.2) is 0 Å². The highest BCUT2D eigenvalue weighted by molar-refractivity contribution is 5.91. The lowest BCUT2D eigenvalue weighted by Crippen LogP contribution is -2.43. The molecule has 1 fully saturated rings. The first-order valence-electron chi connectivity index (χ1n) is 9.72. The van der Waals surface area contributed by atoms with Crippen LogP contribution in [0.25, 0.3) is 10.9 Å². The van der Waals surface area contributed by atoms with Crippen molar-refractivity contribution >= 4 is 22.7 Å². The minimum atomic E-state index is -0.0590. The first-order valence-corrected chi connectivity index (χ1v) is 9.72. The maximum Gasteiger partial charge on any atom is 0.247 e. The number of nitrogens with zero attached hydrogens (tertiary/aromatic N) is 2. The number of aromatic nitrogens is 2. The number of hydrogen-bond donors (Lipinski definition) is 1. The lowest BCUT2D eigenvalue weighted by molar-refractivity contribution is -0.122. The van der Waals surface area contributed by atoms with Crippen LogP contribution in [0.5, 0.6) is 0 Å². The highest BCUT2D eigenvalue weighted by Gasteiger charge is 2.27. The molecule has 0 unspecified atom stereocenters. The largest absolute Gasteiger partial charge is 0.353 e. The van der Waals surface area contributed by atoms with Gasteiger partial charge >= 0.3 is 0 Å². The third-order valence-electron chi connectivity index (χ3n) is 5.81. The van der Waals surface area contributed by atoms with E-state index >= 15 is 0 Å². The van der Waals surface area contributed by atoms with E-state index < -0.39 is 0 Å². The number of hydrogen-bond acceptors (Lipinski definition) is 3. The monoisotopic (exact) mass is 355 g/mol. The predicted molar refractivity (Wildman–Crippen MR) is 103 cm³/mol. The molecule has 0 spiro atoms. The summed E-state index contributed by atoms with van der Waals surface area (Å²) in [4.78, 5) is 24.7. The highest BCUT2D eigenvalue weighted by Crippen LogP contribution is 2.29. The Kier molecular flexibility index (Phi) is 5.74. The van der Waals surface area contributed by atoms with Crippen molar-refractivity contribution < 1.29 is 9.59 Å². The molecule has 3 rings (SSSR count). The lowest BCUT2D eigenvalue weighted by atomic mass is 9.78. The van der Waals surface area contributed by atoms with Crippen molar-refractivity contribution in [1.82, 2.24) is 15.1 Å². The van der Waals surface area contributed by atoms with E-state index in [0.717, 1.165) is 22.9 Å². The molecule has 0 saturated heterocycles. The third-order valence-corrected chi connectivity index (χ3v) is 5.81. The summed E-state index contributed by atoms with van der Waals surface area (Å²) in [5, 5.41) is 8.35. The third kappa shape index (κ3) is 4.14. The fraction of sp³-hybridized carbons (Fsp3) is 0.571. The molecule has 26 heavy (non-hydrogen) atoms. The molecular formula is C21H29N3O2. The van der Waals surface area contributed by atoms with E-state index in [9.17, 15) is 9.59 Å². The van der Waals surface area contributed by atoms with Crippen LogP contribution in [-0.2, 0) is 4.79 Å². The van der Waals surface area contributed by atoms with Crippen molar-refractivity contribution in [1.29, 1.82) is 0 Å². The zero-order valence-electron chi connectivity index (χ0n) is 16.0. The fourth-order valence-electron chi connectivity index (χ4n) is 3.92. The summed E-state index contributed by atoms with van der Waals surface area (Å²) in [6.07, 6.45) is 6.48. The second-order valence-electron chi connectivity index (χ2n) is 7.81. The maximum atomic E-state index is 12.4. The van der Waals surface area contributed by atoms with Gasteiger partial charge in [-0.1, -0.05) is 38.3 Å². The number of amides is 1. The fourth-order valence-corrected chi connectivity index (χ4v) is 3.92. The average Bonchev–Trinajstić information content (AvgIpc) is 3.02. The second-order valence-corrected chi connectivity index (χ2v) is 7.81. The molecule has 5 heteroatoms. The molecule has 1 aromatic carbocycles. The van der Waals surface area contributed by atoms with E-state index in [0.29, 0.717) is 31.1 Å². The van der Waals surface area contributed by atoms with Gasteiger partial charge in [0, 0.05) is 24.3 Å². The summed E-state index contributed by atoms with van der Waals surface area (Å²) in [6, 6.07) is 6.20. The number of aryl methyl sites for hydroxylation is 1. The molecule has 5 nitrogen and oxygen atoms in total. The number of nitrogens with one attached hydrogen (secondary N) is 1. The summed E-state index contributed by atoms with van der Waals surface area (Å²) >= 11 is 0. The van der Waals surface area contributed by atoms with E-state index in [4.69, 9.17) is 0 Å². The normalized spacial score (nSPS) is 23.1. The molecule has 1 heterocycles. The molecule has 0 radical (unpaired) electrons. The van der Waals surface area contributed by atoms with E-state index in [1.54, 1.807) is 6.20 Å². The van der Waals surface area contributed by atoms with Crippen LogP contribution < -0.4 is 5.32 Å². The first-order chi connectivity index (χ1) is 12.5. The molecule has 1 aliphatic carbocycles. The number of rotatable bonds is 5. The van der Waals surface area contributed by atoms with E-state index in [1.807, 2.05) is 25.1 Å². The minimum absolute atomic E-state index is 0.0590. The number of fused-ring (bicyclic) bond motifs is 1. The van der Waals surface area contributed by atoms with Crippen molar-refractivity contribution in [3.05, 3.63) is 30.0 Å². The Bertz CT molecular complexity index is 796. The van der Waals surface area contributed by atoms with Crippen molar-refractivity contribution in [3.8, 4) is 0 Å². The summed E-state index contributed by atoms with van der Waals surface area (Å²) in [6.45, 7) is 6.51. The van der Waals surface area contributed by atoms with Crippen molar-refractivity contribution in [2.75, 3.05) is 0 Å². The molecule has 0 bridgehead atoms. The summed E-state index contributed by atoms with van der Waals surface area (Å²) in [5.41, 5.74) is 1.97. The Morgan fingerprint density at radius 3 is 2.85 bits per heavy atom. The smallest absolute Gasteiger partial charge is 0.247 e. The minimum Gasteiger partial charge on any atom is -0.353 e. The Morgan fingerprint density at radius 1 is 1.23 bits per heavy atom. The standard InChI is InChI=1S/C21H29N3O2/c1-14-10-11-19-17(12-14)13-22-24(19)21(26)9-5-8-20(25)23-18-7-4-6-15(2)16(18)3/h10-13,15-16,18H,4-9H2,1-3H3,(H,23,25)/t15-,16+,18+/m0/s1. The van der Waals surface area contributed by atoms with Crippen LogP contribution in [0, 0.1) is 18.8 Å². The quantitative estimate of drug-likeness (QED) is 0.878. The van der Waals surface area contributed by atoms with Crippen molar-refractivity contribution in [2.45, 2.75) is 65.3 Å². The lowest BCUT2D eigenvalue weighted by Gasteiger charge is -2.34. The van der Waals surface area contributed by atoms with Crippen LogP contribution in [-0.4, -0.2) is 27.6 Å².